The van der Waals surface area contributed by atoms with Gasteiger partial charge in [-0.3, -0.25) is 14.3 Å². The Morgan fingerprint density at radius 2 is 2.12 bits per heavy atom. The number of carbonyl (C=O) groups excluding carboxylic acids is 1. The lowest BCUT2D eigenvalue weighted by atomic mass is 10.1. The van der Waals surface area contributed by atoms with E-state index in [0.717, 1.165) is 6.54 Å². The van der Waals surface area contributed by atoms with Crippen LogP contribution in [0.15, 0.2) is 46.3 Å². The lowest BCUT2D eigenvalue weighted by molar-refractivity contribution is 0.0950. The SMILES string of the molecule is Cc1ccc(C)c(SCc2nc3sc(C(=O)NCC(C)Cn4cccn4)c(C)c3c(=O)[nH]2)c1. The molecule has 172 valence electrons. The van der Waals surface area contributed by atoms with Crippen molar-refractivity contribution in [1.82, 2.24) is 25.1 Å². The molecule has 0 bridgehead atoms. The van der Waals surface area contributed by atoms with Gasteiger partial charge >= 0.3 is 0 Å². The van der Waals surface area contributed by atoms with E-state index in [1.54, 1.807) is 18.0 Å². The molecule has 0 saturated carbocycles. The molecule has 0 radical (unpaired) electrons. The Labute approximate surface area is 200 Å². The fourth-order valence-electron chi connectivity index (χ4n) is 3.62. The van der Waals surface area contributed by atoms with E-state index in [-0.39, 0.29) is 17.4 Å². The number of carbonyl (C=O) groups is 1. The van der Waals surface area contributed by atoms with Crippen LogP contribution in [0.25, 0.3) is 10.2 Å². The van der Waals surface area contributed by atoms with Crippen molar-refractivity contribution in [3.05, 3.63) is 74.4 Å². The third-order valence-corrected chi connectivity index (χ3v) is 7.79. The van der Waals surface area contributed by atoms with Gasteiger partial charge in [0.15, 0.2) is 0 Å². The van der Waals surface area contributed by atoms with Gasteiger partial charge in [0.25, 0.3) is 11.5 Å². The summed E-state index contributed by atoms with van der Waals surface area (Å²) in [5.74, 6) is 1.21. The van der Waals surface area contributed by atoms with Crippen LogP contribution in [0.2, 0.25) is 0 Å². The lowest BCUT2D eigenvalue weighted by Gasteiger charge is -2.12. The molecule has 1 aromatic carbocycles. The second-order valence-corrected chi connectivity index (χ2v) is 10.4. The topological polar surface area (TPSA) is 92.7 Å². The van der Waals surface area contributed by atoms with Gasteiger partial charge in [0, 0.05) is 30.4 Å². The quantitative estimate of drug-likeness (QED) is 0.362. The number of fused-ring (bicyclic) bond motifs is 1. The minimum atomic E-state index is -0.198. The second-order valence-electron chi connectivity index (χ2n) is 8.35. The van der Waals surface area contributed by atoms with Crippen LogP contribution in [-0.4, -0.2) is 32.2 Å². The van der Waals surface area contributed by atoms with E-state index in [2.05, 4.69) is 59.4 Å². The molecule has 3 heterocycles. The molecule has 1 amide bonds. The van der Waals surface area contributed by atoms with Crippen molar-refractivity contribution in [1.29, 1.82) is 0 Å². The highest BCUT2D eigenvalue weighted by molar-refractivity contribution is 7.98. The summed E-state index contributed by atoms with van der Waals surface area (Å²) in [7, 11) is 0. The van der Waals surface area contributed by atoms with Crippen LogP contribution in [0.3, 0.4) is 0 Å². The monoisotopic (exact) mass is 481 g/mol. The van der Waals surface area contributed by atoms with Gasteiger partial charge in [-0.2, -0.15) is 5.10 Å². The number of thiophene rings is 1. The third kappa shape index (κ3) is 5.36. The summed E-state index contributed by atoms with van der Waals surface area (Å²) in [5.41, 5.74) is 2.87. The van der Waals surface area contributed by atoms with Crippen LogP contribution in [0.5, 0.6) is 0 Å². The van der Waals surface area contributed by atoms with E-state index in [1.807, 2.05) is 23.9 Å². The zero-order valence-corrected chi connectivity index (χ0v) is 20.8. The van der Waals surface area contributed by atoms with Gasteiger partial charge in [0.1, 0.15) is 10.7 Å². The first-order chi connectivity index (χ1) is 15.8. The van der Waals surface area contributed by atoms with Crippen molar-refractivity contribution in [2.24, 2.45) is 5.92 Å². The van der Waals surface area contributed by atoms with Gasteiger partial charge in [-0.25, -0.2) is 4.98 Å². The minimum absolute atomic E-state index is 0.173. The molecule has 9 heteroatoms. The number of nitrogens with zero attached hydrogens (tertiary/aromatic N) is 3. The summed E-state index contributed by atoms with van der Waals surface area (Å²) in [6.45, 7) is 9.25. The predicted octanol–water partition coefficient (Wildman–Crippen LogP) is 4.46. The number of aryl methyl sites for hydroxylation is 3. The Morgan fingerprint density at radius 3 is 2.88 bits per heavy atom. The molecule has 0 aliphatic rings. The van der Waals surface area contributed by atoms with Gasteiger partial charge in [0.2, 0.25) is 0 Å². The fraction of sp³-hybridized carbons (Fsp3) is 0.333. The Hall–Kier alpha value is -2.91. The summed E-state index contributed by atoms with van der Waals surface area (Å²) in [4.78, 5) is 35.5. The number of rotatable bonds is 8. The number of H-pyrrole nitrogens is 1. The Kier molecular flexibility index (Phi) is 6.99. The predicted molar refractivity (Wildman–Crippen MR) is 134 cm³/mol. The lowest BCUT2D eigenvalue weighted by Crippen LogP contribution is -2.30. The van der Waals surface area contributed by atoms with E-state index in [9.17, 15) is 9.59 Å². The summed E-state index contributed by atoms with van der Waals surface area (Å²) in [5, 5.41) is 7.69. The number of aromatic amines is 1. The molecule has 33 heavy (non-hydrogen) atoms. The van der Waals surface area contributed by atoms with Gasteiger partial charge in [-0.05, 0) is 49.9 Å². The average molecular weight is 482 g/mol. The van der Waals surface area contributed by atoms with Crippen molar-refractivity contribution in [2.45, 2.75) is 44.9 Å². The number of benzene rings is 1. The van der Waals surface area contributed by atoms with Crippen molar-refractivity contribution in [3.63, 3.8) is 0 Å². The fourth-order valence-corrected chi connectivity index (χ4v) is 5.73. The highest BCUT2D eigenvalue weighted by Gasteiger charge is 2.20. The van der Waals surface area contributed by atoms with Crippen LogP contribution >= 0.6 is 23.1 Å². The second kappa shape index (κ2) is 9.93. The molecule has 0 aliphatic heterocycles. The van der Waals surface area contributed by atoms with Gasteiger partial charge in [-0.1, -0.05) is 24.6 Å². The summed E-state index contributed by atoms with van der Waals surface area (Å²) < 4.78 is 1.85. The van der Waals surface area contributed by atoms with Crippen LogP contribution in [-0.2, 0) is 12.3 Å². The molecule has 2 N–H and O–H groups in total. The van der Waals surface area contributed by atoms with Gasteiger partial charge < -0.3 is 10.3 Å². The highest BCUT2D eigenvalue weighted by atomic mass is 32.2. The van der Waals surface area contributed by atoms with Crippen molar-refractivity contribution >= 4 is 39.2 Å². The molecule has 0 spiro atoms. The molecule has 7 nitrogen and oxygen atoms in total. The Bertz CT molecular complexity index is 1340. The highest BCUT2D eigenvalue weighted by Crippen LogP contribution is 2.29. The molecule has 0 saturated heterocycles. The molecule has 0 aliphatic carbocycles. The zero-order chi connectivity index (χ0) is 23.5. The van der Waals surface area contributed by atoms with Crippen molar-refractivity contribution in [3.8, 4) is 0 Å². The third-order valence-electron chi connectivity index (χ3n) is 5.43. The normalized spacial score (nSPS) is 12.2. The maximum absolute atomic E-state index is 12.9. The zero-order valence-electron chi connectivity index (χ0n) is 19.1. The average Bonchev–Trinajstić information content (AvgIpc) is 3.40. The first kappa shape index (κ1) is 23.3. The van der Waals surface area contributed by atoms with Crippen molar-refractivity contribution in [2.75, 3.05) is 6.54 Å². The van der Waals surface area contributed by atoms with Crippen molar-refractivity contribution < 1.29 is 4.79 Å². The Balaban J connectivity index is 1.48. The number of aromatic nitrogens is 4. The molecule has 4 rings (SSSR count). The van der Waals surface area contributed by atoms with E-state index in [1.165, 1.54) is 27.4 Å². The maximum Gasteiger partial charge on any atom is 0.261 e. The Morgan fingerprint density at radius 1 is 1.30 bits per heavy atom. The first-order valence-corrected chi connectivity index (χ1v) is 12.6. The molecule has 3 aromatic heterocycles. The summed E-state index contributed by atoms with van der Waals surface area (Å²) in [6.07, 6.45) is 3.65. The molecular weight excluding hydrogens is 454 g/mol. The van der Waals surface area contributed by atoms with E-state index < -0.39 is 0 Å². The number of hydrogen-bond acceptors (Lipinski definition) is 6. The summed E-state index contributed by atoms with van der Waals surface area (Å²) >= 11 is 2.92. The van der Waals surface area contributed by atoms with Crippen LogP contribution in [0.4, 0.5) is 0 Å². The molecule has 0 fully saturated rings. The molecular formula is C24H27N5O2S2. The molecule has 1 atom stereocenters. The van der Waals surface area contributed by atoms with Crippen LogP contribution in [0.1, 0.15) is 39.1 Å². The van der Waals surface area contributed by atoms with Gasteiger partial charge in [0.05, 0.1) is 16.0 Å². The van der Waals surface area contributed by atoms with Crippen LogP contribution < -0.4 is 10.9 Å². The molecule has 1 unspecified atom stereocenters. The number of thioether (sulfide) groups is 1. The van der Waals surface area contributed by atoms with E-state index >= 15 is 0 Å². The first-order valence-electron chi connectivity index (χ1n) is 10.8. The van der Waals surface area contributed by atoms with E-state index in [4.69, 9.17) is 0 Å². The maximum atomic E-state index is 12.9. The van der Waals surface area contributed by atoms with Gasteiger partial charge in [-0.15, -0.1) is 23.1 Å². The summed E-state index contributed by atoms with van der Waals surface area (Å²) in [6, 6.07) is 8.21. The number of nitrogens with one attached hydrogen (secondary N) is 2. The standard InChI is InChI=1S/C24H27N5O2S2/c1-14-6-7-16(3)18(10-14)32-13-19-27-22(30)20-17(4)21(33-24(20)28-19)23(31)25-11-15(2)12-29-9-5-8-26-29/h5-10,15H,11-13H2,1-4H3,(H,25,31)(H,27,28,30). The minimum Gasteiger partial charge on any atom is -0.351 e. The number of hydrogen-bond donors (Lipinski definition) is 2. The van der Waals surface area contributed by atoms with Crippen LogP contribution in [0, 0.1) is 26.7 Å². The smallest absolute Gasteiger partial charge is 0.261 e. The largest absolute Gasteiger partial charge is 0.351 e. The molecule has 4 aromatic rings. The number of amides is 1. The van der Waals surface area contributed by atoms with E-state index in [0.29, 0.717) is 38.8 Å².